The summed E-state index contributed by atoms with van der Waals surface area (Å²) in [4.78, 5) is 14.6. The molecule has 1 saturated heterocycles. The molecule has 0 aromatic heterocycles. The van der Waals surface area contributed by atoms with E-state index in [0.29, 0.717) is 37.0 Å². The number of hydrogen-bond donors (Lipinski definition) is 2. The molecule has 1 aliphatic carbocycles. The minimum Gasteiger partial charge on any atom is -0.352 e. The highest BCUT2D eigenvalue weighted by Gasteiger charge is 2.29. The Hall–Kier alpha value is -0.320. The second kappa shape index (κ2) is 8.96. The minimum atomic E-state index is 0. The molecular formula is C16H32ClN3O. The number of carbonyl (C=O) groups excluding carboxylic acids is 1. The summed E-state index contributed by atoms with van der Waals surface area (Å²) in [6.45, 7) is 6.71. The van der Waals surface area contributed by atoms with Gasteiger partial charge in [-0.05, 0) is 44.1 Å². The quantitative estimate of drug-likeness (QED) is 0.835. The average Bonchev–Trinajstić information content (AvgIpc) is 2.42. The number of amides is 1. The smallest absolute Gasteiger partial charge is 0.234 e. The van der Waals surface area contributed by atoms with Gasteiger partial charge in [0.15, 0.2) is 0 Å². The highest BCUT2D eigenvalue weighted by Crippen LogP contribution is 2.24. The second-order valence-electron chi connectivity index (χ2n) is 6.83. The van der Waals surface area contributed by atoms with Crippen LogP contribution in [0.1, 0.15) is 52.4 Å². The van der Waals surface area contributed by atoms with Crippen LogP contribution in [0.25, 0.3) is 0 Å². The maximum atomic E-state index is 12.3. The van der Waals surface area contributed by atoms with Crippen LogP contribution in [-0.4, -0.2) is 42.5 Å². The molecular weight excluding hydrogens is 286 g/mol. The fraction of sp³-hybridized carbons (Fsp3) is 0.938. The Morgan fingerprint density at radius 2 is 1.81 bits per heavy atom. The Kier molecular flexibility index (Phi) is 7.99. The third-order valence-corrected chi connectivity index (χ3v) is 5.28. The van der Waals surface area contributed by atoms with Crippen molar-refractivity contribution in [1.29, 1.82) is 0 Å². The number of hydrogen-bond acceptors (Lipinski definition) is 3. The van der Waals surface area contributed by atoms with Crippen LogP contribution in [-0.2, 0) is 4.79 Å². The number of piperidine rings is 1. The Balaban J connectivity index is 0.00000220. The maximum Gasteiger partial charge on any atom is 0.234 e. The summed E-state index contributed by atoms with van der Waals surface area (Å²) in [7, 11) is 0. The third-order valence-electron chi connectivity index (χ3n) is 5.28. The largest absolute Gasteiger partial charge is 0.352 e. The molecule has 0 spiro atoms. The van der Waals surface area contributed by atoms with Gasteiger partial charge in [0.25, 0.3) is 0 Å². The van der Waals surface area contributed by atoms with Gasteiger partial charge in [0.05, 0.1) is 6.54 Å². The molecule has 2 rings (SSSR count). The summed E-state index contributed by atoms with van der Waals surface area (Å²) >= 11 is 0. The van der Waals surface area contributed by atoms with Crippen molar-refractivity contribution in [1.82, 2.24) is 10.2 Å². The maximum absolute atomic E-state index is 12.3. The molecule has 5 heteroatoms. The number of rotatable bonds is 4. The number of likely N-dealkylation sites (tertiary alicyclic amines) is 1. The van der Waals surface area contributed by atoms with E-state index in [1.54, 1.807) is 0 Å². The van der Waals surface area contributed by atoms with Gasteiger partial charge in [-0.1, -0.05) is 26.7 Å². The van der Waals surface area contributed by atoms with E-state index < -0.39 is 0 Å². The van der Waals surface area contributed by atoms with Crippen molar-refractivity contribution >= 4 is 18.3 Å². The van der Waals surface area contributed by atoms with E-state index in [1.165, 1.54) is 32.1 Å². The van der Waals surface area contributed by atoms with Gasteiger partial charge in [-0.2, -0.15) is 0 Å². The summed E-state index contributed by atoms with van der Waals surface area (Å²) in [5.41, 5.74) is 5.89. The summed E-state index contributed by atoms with van der Waals surface area (Å²) in [5, 5.41) is 3.25. The molecule has 0 bridgehead atoms. The molecule has 3 N–H and O–H groups in total. The van der Waals surface area contributed by atoms with E-state index in [1.807, 2.05) is 0 Å². The highest BCUT2D eigenvalue weighted by molar-refractivity contribution is 5.85. The molecule has 1 amide bonds. The molecule has 4 unspecified atom stereocenters. The monoisotopic (exact) mass is 317 g/mol. The Morgan fingerprint density at radius 1 is 1.14 bits per heavy atom. The second-order valence-corrected chi connectivity index (χ2v) is 6.83. The average molecular weight is 318 g/mol. The number of nitrogens with one attached hydrogen (secondary N) is 1. The SMILES string of the molecule is CC1CCCCC1NC(=O)CN1CCCC(C)C1CN.Cl. The molecule has 1 heterocycles. The van der Waals surface area contributed by atoms with E-state index in [-0.39, 0.29) is 18.3 Å². The predicted molar refractivity (Wildman–Crippen MR) is 89.6 cm³/mol. The Labute approximate surface area is 135 Å². The fourth-order valence-electron chi connectivity index (χ4n) is 3.88. The lowest BCUT2D eigenvalue weighted by atomic mass is 9.86. The molecule has 1 saturated carbocycles. The standard InChI is InChI=1S/C16H31N3O.ClH/c1-12-6-3-4-8-14(12)18-16(20)11-19-9-5-7-13(2)15(19)10-17;/h12-15H,3-11,17H2,1-2H3,(H,18,20);1H. The molecule has 4 atom stereocenters. The molecule has 1 aliphatic heterocycles. The van der Waals surface area contributed by atoms with Crippen LogP contribution in [0.15, 0.2) is 0 Å². The molecule has 0 aromatic carbocycles. The zero-order valence-electron chi connectivity index (χ0n) is 13.5. The van der Waals surface area contributed by atoms with Gasteiger partial charge in [0.2, 0.25) is 5.91 Å². The first-order valence-electron chi connectivity index (χ1n) is 8.35. The van der Waals surface area contributed by atoms with Crippen LogP contribution >= 0.6 is 12.4 Å². The molecule has 21 heavy (non-hydrogen) atoms. The summed E-state index contributed by atoms with van der Waals surface area (Å²) in [5.74, 6) is 1.42. The lowest BCUT2D eigenvalue weighted by Crippen LogP contribution is -2.53. The number of halogens is 1. The molecule has 0 radical (unpaired) electrons. The number of nitrogens with zero attached hydrogens (tertiary/aromatic N) is 1. The van der Waals surface area contributed by atoms with Crippen LogP contribution in [0.5, 0.6) is 0 Å². The molecule has 2 fully saturated rings. The van der Waals surface area contributed by atoms with Crippen molar-refractivity contribution in [2.75, 3.05) is 19.6 Å². The van der Waals surface area contributed by atoms with E-state index in [9.17, 15) is 4.79 Å². The van der Waals surface area contributed by atoms with Crippen LogP contribution in [0, 0.1) is 11.8 Å². The van der Waals surface area contributed by atoms with Crippen molar-refractivity contribution in [2.24, 2.45) is 17.6 Å². The summed E-state index contributed by atoms with van der Waals surface area (Å²) in [6, 6.07) is 0.757. The van der Waals surface area contributed by atoms with Gasteiger partial charge in [-0.15, -0.1) is 12.4 Å². The normalized spacial score (nSPS) is 34.0. The van der Waals surface area contributed by atoms with E-state index >= 15 is 0 Å². The molecule has 0 aromatic rings. The minimum absolute atomic E-state index is 0. The zero-order chi connectivity index (χ0) is 14.5. The van der Waals surface area contributed by atoms with E-state index in [4.69, 9.17) is 5.73 Å². The fourth-order valence-corrected chi connectivity index (χ4v) is 3.88. The summed E-state index contributed by atoms with van der Waals surface area (Å²) in [6.07, 6.45) is 7.37. The first-order valence-corrected chi connectivity index (χ1v) is 8.35. The highest BCUT2D eigenvalue weighted by atomic mass is 35.5. The van der Waals surface area contributed by atoms with Crippen LogP contribution in [0.4, 0.5) is 0 Å². The van der Waals surface area contributed by atoms with Crippen molar-refractivity contribution < 1.29 is 4.79 Å². The number of nitrogens with two attached hydrogens (primary N) is 1. The van der Waals surface area contributed by atoms with Crippen molar-refractivity contribution in [3.05, 3.63) is 0 Å². The lowest BCUT2D eigenvalue weighted by Gasteiger charge is -2.39. The predicted octanol–water partition coefficient (Wildman–Crippen LogP) is 2.16. The van der Waals surface area contributed by atoms with Crippen LogP contribution in [0.2, 0.25) is 0 Å². The van der Waals surface area contributed by atoms with Gasteiger partial charge < -0.3 is 11.1 Å². The van der Waals surface area contributed by atoms with Crippen LogP contribution < -0.4 is 11.1 Å². The molecule has 4 nitrogen and oxygen atoms in total. The van der Waals surface area contributed by atoms with Gasteiger partial charge in [0, 0.05) is 18.6 Å². The summed E-state index contributed by atoms with van der Waals surface area (Å²) < 4.78 is 0. The molecule has 2 aliphatic rings. The van der Waals surface area contributed by atoms with Crippen molar-refractivity contribution in [3.8, 4) is 0 Å². The third kappa shape index (κ3) is 5.11. The van der Waals surface area contributed by atoms with Gasteiger partial charge in [0.1, 0.15) is 0 Å². The van der Waals surface area contributed by atoms with E-state index in [2.05, 4.69) is 24.1 Å². The van der Waals surface area contributed by atoms with Crippen LogP contribution in [0.3, 0.4) is 0 Å². The molecule has 124 valence electrons. The first kappa shape index (κ1) is 18.7. The topological polar surface area (TPSA) is 58.4 Å². The number of carbonyl (C=O) groups is 1. The first-order chi connectivity index (χ1) is 9.61. The zero-order valence-corrected chi connectivity index (χ0v) is 14.3. The Bertz CT molecular complexity index is 327. The lowest BCUT2D eigenvalue weighted by molar-refractivity contribution is -0.124. The van der Waals surface area contributed by atoms with Crippen molar-refractivity contribution in [2.45, 2.75) is 64.5 Å². The van der Waals surface area contributed by atoms with Gasteiger partial charge in [-0.25, -0.2) is 0 Å². The van der Waals surface area contributed by atoms with Gasteiger partial charge in [-0.3, -0.25) is 9.69 Å². The van der Waals surface area contributed by atoms with Gasteiger partial charge >= 0.3 is 0 Å². The van der Waals surface area contributed by atoms with Crippen molar-refractivity contribution in [3.63, 3.8) is 0 Å². The van der Waals surface area contributed by atoms with E-state index in [0.717, 1.165) is 13.0 Å². The Morgan fingerprint density at radius 3 is 2.48 bits per heavy atom.